The van der Waals surface area contributed by atoms with Crippen molar-refractivity contribution in [1.29, 1.82) is 0 Å². The van der Waals surface area contributed by atoms with E-state index in [1.165, 1.54) is 89.9 Å². The molecule has 59 heavy (non-hydrogen) atoms. The third-order valence-corrected chi connectivity index (χ3v) is 11.1. The largest absolute Gasteiger partial charge is 0.472 e. The molecule has 0 saturated carbocycles. The Morgan fingerprint density at radius 1 is 0.610 bits per heavy atom. The summed E-state index contributed by atoms with van der Waals surface area (Å²) in [4.78, 5) is 52.7. The second-order valence-corrected chi connectivity index (χ2v) is 18.1. The van der Waals surface area contributed by atoms with Crippen LogP contribution in [-0.4, -0.2) is 81.6 Å². The Labute approximate surface area is 355 Å². The molecule has 0 aliphatic carbocycles. The van der Waals surface area contributed by atoms with Crippen LogP contribution in [-0.2, 0) is 41.8 Å². The predicted octanol–water partition coefficient (Wildman–Crippen LogP) is 10.1. The molecule has 0 aromatic carbocycles. The Morgan fingerprint density at radius 3 is 1.83 bits per heavy atom. The first kappa shape index (κ1) is 57.3. The van der Waals surface area contributed by atoms with E-state index in [2.05, 4.69) is 42.0 Å². The molecule has 16 heteroatoms. The zero-order valence-corrected chi connectivity index (χ0v) is 38.2. The van der Waals surface area contributed by atoms with Crippen LogP contribution in [0.5, 0.6) is 0 Å². The standard InChI is InChI=1S/C43H80O14P2/c1-4-6-7-8-9-10-11-12-13-17-20-23-26-30-39(44)31-28-33-43(47)57-41(37-56-59(51,52)55-35-40(45)34-54-58(48,49)50)36-53-42(46)32-27-24-21-18-15-14-16-19-22-25-29-38(3)5-2/h12-13,20,23,26,30,38-41,44-45H,4-11,14-19,21-22,24-25,27-29,31-37H2,1-3H3,(H,51,52)(H2,48,49,50)/b13-12+,23-20+,30-26+/t38?,39?,40-,41+/m0/s1. The second-order valence-electron chi connectivity index (χ2n) is 15.4. The SMILES string of the molecule is CCCCCCCC/C=C/C/C=C/C=C/C(O)CCCC(=O)O[C@H](COC(=O)CCCCCCCCCCCCC(C)CC)COP(=O)(O)OC[C@@H](O)COP(=O)(O)O. The van der Waals surface area contributed by atoms with Gasteiger partial charge in [-0.05, 0) is 44.4 Å². The van der Waals surface area contributed by atoms with Crippen LogP contribution in [0.25, 0.3) is 0 Å². The normalized spacial score (nSPS) is 15.5. The average Bonchev–Trinajstić information content (AvgIpc) is 3.19. The molecule has 0 aliphatic heterocycles. The topological polar surface area (TPSA) is 216 Å². The van der Waals surface area contributed by atoms with Crippen LogP contribution in [0.1, 0.15) is 175 Å². The van der Waals surface area contributed by atoms with E-state index in [1.807, 2.05) is 12.2 Å². The van der Waals surface area contributed by atoms with Gasteiger partial charge in [0.15, 0.2) is 6.10 Å². The molecule has 3 unspecified atom stereocenters. The van der Waals surface area contributed by atoms with Gasteiger partial charge in [0.2, 0.25) is 0 Å². The van der Waals surface area contributed by atoms with Gasteiger partial charge in [0, 0.05) is 12.8 Å². The minimum absolute atomic E-state index is 0.0914. The van der Waals surface area contributed by atoms with E-state index in [1.54, 1.807) is 12.2 Å². The number of allylic oxidation sites excluding steroid dienone is 5. The number of hydrogen-bond acceptors (Lipinski definition) is 11. The van der Waals surface area contributed by atoms with Crippen LogP contribution >= 0.6 is 15.6 Å². The Kier molecular flexibility index (Phi) is 36.9. The van der Waals surface area contributed by atoms with Crippen LogP contribution in [0, 0.1) is 5.92 Å². The molecule has 0 rings (SSSR count). The van der Waals surface area contributed by atoms with Crippen molar-refractivity contribution in [2.45, 2.75) is 193 Å². The zero-order chi connectivity index (χ0) is 44.0. The van der Waals surface area contributed by atoms with Crippen molar-refractivity contribution in [3.8, 4) is 0 Å². The predicted molar refractivity (Wildman–Crippen MR) is 231 cm³/mol. The van der Waals surface area contributed by atoms with Gasteiger partial charge in [0.05, 0.1) is 25.9 Å². The Bertz CT molecular complexity index is 1220. The number of esters is 2. The number of carbonyl (C=O) groups excluding carboxylic acids is 2. The third-order valence-electron chi connectivity index (χ3n) is 9.67. The number of aliphatic hydroxyl groups excluding tert-OH is 2. The van der Waals surface area contributed by atoms with E-state index in [0.717, 1.165) is 38.0 Å². The van der Waals surface area contributed by atoms with Crippen molar-refractivity contribution in [2.75, 3.05) is 26.4 Å². The highest BCUT2D eigenvalue weighted by molar-refractivity contribution is 7.47. The summed E-state index contributed by atoms with van der Waals surface area (Å²) in [5.74, 6) is -0.411. The van der Waals surface area contributed by atoms with Crippen LogP contribution in [0.3, 0.4) is 0 Å². The highest BCUT2D eigenvalue weighted by Crippen LogP contribution is 2.43. The van der Waals surface area contributed by atoms with Crippen molar-refractivity contribution >= 4 is 27.6 Å². The van der Waals surface area contributed by atoms with Crippen molar-refractivity contribution in [3.63, 3.8) is 0 Å². The van der Waals surface area contributed by atoms with Gasteiger partial charge >= 0.3 is 27.6 Å². The van der Waals surface area contributed by atoms with E-state index in [0.29, 0.717) is 6.42 Å². The Balaban J connectivity index is 4.70. The summed E-state index contributed by atoms with van der Waals surface area (Å²) < 4.78 is 47.6. The molecule has 5 atom stereocenters. The number of aliphatic hydroxyl groups is 2. The van der Waals surface area contributed by atoms with Crippen LogP contribution in [0.15, 0.2) is 36.5 Å². The van der Waals surface area contributed by atoms with Gasteiger partial charge in [0.25, 0.3) is 0 Å². The fraction of sp³-hybridized carbons (Fsp3) is 0.814. The third kappa shape index (κ3) is 41.4. The molecular weight excluding hydrogens is 802 g/mol. The lowest BCUT2D eigenvalue weighted by Gasteiger charge is -2.20. The lowest BCUT2D eigenvalue weighted by atomic mass is 9.99. The fourth-order valence-corrected chi connectivity index (χ4v) is 7.02. The molecule has 0 aromatic rings. The van der Waals surface area contributed by atoms with Crippen molar-refractivity contribution in [1.82, 2.24) is 0 Å². The first-order chi connectivity index (χ1) is 28.2. The average molecular weight is 883 g/mol. The summed E-state index contributed by atoms with van der Waals surface area (Å²) in [6, 6.07) is 0. The molecule has 0 heterocycles. The van der Waals surface area contributed by atoms with E-state index >= 15 is 0 Å². The number of hydrogen-bond donors (Lipinski definition) is 5. The summed E-state index contributed by atoms with van der Waals surface area (Å²) >= 11 is 0. The first-order valence-electron chi connectivity index (χ1n) is 22.2. The smallest absolute Gasteiger partial charge is 0.462 e. The number of phosphoric acid groups is 2. The van der Waals surface area contributed by atoms with Crippen molar-refractivity contribution in [2.24, 2.45) is 5.92 Å². The highest BCUT2D eigenvalue weighted by Gasteiger charge is 2.28. The van der Waals surface area contributed by atoms with Gasteiger partial charge in [-0.3, -0.25) is 23.2 Å². The number of rotatable bonds is 41. The molecule has 0 saturated heterocycles. The summed E-state index contributed by atoms with van der Waals surface area (Å²) in [5, 5.41) is 20.0. The summed E-state index contributed by atoms with van der Waals surface area (Å²) in [6.07, 6.45) is 31.7. The van der Waals surface area contributed by atoms with Crippen LogP contribution in [0.2, 0.25) is 0 Å². The van der Waals surface area contributed by atoms with Gasteiger partial charge in [-0.25, -0.2) is 9.13 Å². The Morgan fingerprint density at radius 2 is 1.19 bits per heavy atom. The maximum Gasteiger partial charge on any atom is 0.472 e. The molecule has 14 nitrogen and oxygen atoms in total. The summed E-state index contributed by atoms with van der Waals surface area (Å²) in [6.45, 7) is 3.87. The first-order valence-corrected chi connectivity index (χ1v) is 25.2. The molecule has 0 aliphatic rings. The zero-order valence-electron chi connectivity index (χ0n) is 36.4. The van der Waals surface area contributed by atoms with Gasteiger partial charge in [-0.2, -0.15) is 0 Å². The van der Waals surface area contributed by atoms with Crippen molar-refractivity contribution < 1.29 is 66.7 Å². The van der Waals surface area contributed by atoms with E-state index in [4.69, 9.17) is 23.8 Å². The number of ether oxygens (including phenoxy) is 2. The minimum atomic E-state index is -4.88. The van der Waals surface area contributed by atoms with Gasteiger partial charge in [-0.1, -0.05) is 160 Å². The number of unbranched alkanes of at least 4 members (excludes halogenated alkanes) is 15. The fourth-order valence-electron chi connectivity index (χ4n) is 5.86. The molecule has 0 radical (unpaired) electrons. The summed E-state index contributed by atoms with van der Waals surface area (Å²) in [5.41, 5.74) is 0. The molecule has 0 amide bonds. The van der Waals surface area contributed by atoms with Gasteiger partial charge < -0.3 is 34.4 Å². The molecule has 0 aromatic heterocycles. The lowest BCUT2D eigenvalue weighted by Crippen LogP contribution is -2.30. The van der Waals surface area contributed by atoms with E-state index in [-0.39, 0.29) is 25.7 Å². The van der Waals surface area contributed by atoms with E-state index < -0.39 is 72.3 Å². The van der Waals surface area contributed by atoms with Crippen molar-refractivity contribution in [3.05, 3.63) is 36.5 Å². The summed E-state index contributed by atoms with van der Waals surface area (Å²) in [7, 11) is -9.74. The van der Waals surface area contributed by atoms with Gasteiger partial charge in [-0.15, -0.1) is 0 Å². The van der Waals surface area contributed by atoms with E-state index in [9.17, 15) is 33.8 Å². The number of phosphoric ester groups is 2. The molecule has 0 spiro atoms. The molecule has 346 valence electrons. The highest BCUT2D eigenvalue weighted by atomic mass is 31.2. The maximum atomic E-state index is 12.7. The van der Waals surface area contributed by atoms with Gasteiger partial charge in [0.1, 0.15) is 12.7 Å². The number of carbonyl (C=O) groups is 2. The Hall–Kier alpha value is -1.70. The quantitative estimate of drug-likeness (QED) is 0.0127. The monoisotopic (exact) mass is 883 g/mol. The minimum Gasteiger partial charge on any atom is -0.462 e. The maximum absolute atomic E-state index is 12.7. The second kappa shape index (κ2) is 38.0. The molecule has 5 N–H and O–H groups in total. The lowest BCUT2D eigenvalue weighted by molar-refractivity contribution is -0.161. The van der Waals surface area contributed by atoms with Crippen LogP contribution in [0.4, 0.5) is 0 Å². The van der Waals surface area contributed by atoms with Crippen LogP contribution < -0.4 is 0 Å². The molecule has 0 bridgehead atoms. The molecular formula is C43H80O14P2. The molecule has 0 fully saturated rings.